The number of hydrogen-bond acceptors (Lipinski definition) is 2. The Morgan fingerprint density at radius 2 is 2.00 bits per heavy atom. The number of carbonyl (C=O) groups excluding carboxylic acids is 1. The zero-order valence-corrected chi connectivity index (χ0v) is 12.6. The van der Waals surface area contributed by atoms with Crippen molar-refractivity contribution in [2.24, 2.45) is 11.3 Å². The third kappa shape index (κ3) is 3.50. The Kier molecular flexibility index (Phi) is 5.26. The van der Waals surface area contributed by atoms with E-state index in [9.17, 15) is 4.79 Å². The molecular weight excluding hydrogens is 236 g/mol. The van der Waals surface area contributed by atoms with Crippen LogP contribution in [0.1, 0.15) is 65.2 Å². The maximum Gasteiger partial charge on any atom is 0.227 e. The third-order valence-electron chi connectivity index (χ3n) is 5.37. The van der Waals surface area contributed by atoms with Crippen molar-refractivity contribution >= 4 is 5.91 Å². The van der Waals surface area contributed by atoms with E-state index in [2.05, 4.69) is 24.5 Å². The Bertz CT molecular complexity index is 289. The molecule has 19 heavy (non-hydrogen) atoms. The third-order valence-corrected chi connectivity index (χ3v) is 5.37. The van der Waals surface area contributed by atoms with Crippen molar-refractivity contribution in [2.75, 3.05) is 13.1 Å². The number of nitrogens with one attached hydrogen (secondary N) is 2. The van der Waals surface area contributed by atoms with E-state index < -0.39 is 0 Å². The van der Waals surface area contributed by atoms with E-state index in [1.54, 1.807) is 0 Å². The van der Waals surface area contributed by atoms with Crippen LogP contribution >= 0.6 is 0 Å². The van der Waals surface area contributed by atoms with Gasteiger partial charge in [0.1, 0.15) is 0 Å². The van der Waals surface area contributed by atoms with Crippen LogP contribution in [-0.4, -0.2) is 25.0 Å². The van der Waals surface area contributed by atoms with E-state index in [4.69, 9.17) is 0 Å². The maximum absolute atomic E-state index is 12.6. The average molecular weight is 266 g/mol. The van der Waals surface area contributed by atoms with Gasteiger partial charge >= 0.3 is 0 Å². The summed E-state index contributed by atoms with van der Waals surface area (Å²) in [5.41, 5.74) is -0.140. The second-order valence-electron chi connectivity index (χ2n) is 6.57. The smallest absolute Gasteiger partial charge is 0.227 e. The molecule has 3 nitrogen and oxygen atoms in total. The summed E-state index contributed by atoms with van der Waals surface area (Å²) in [4.78, 5) is 12.6. The zero-order valence-electron chi connectivity index (χ0n) is 12.6. The van der Waals surface area contributed by atoms with Crippen LogP contribution in [0.2, 0.25) is 0 Å². The molecule has 0 aromatic rings. The molecule has 1 saturated heterocycles. The topological polar surface area (TPSA) is 41.1 Å². The first-order valence-electron chi connectivity index (χ1n) is 8.19. The molecule has 1 amide bonds. The predicted octanol–water partition coefficient (Wildman–Crippen LogP) is 2.85. The van der Waals surface area contributed by atoms with Gasteiger partial charge in [-0.1, -0.05) is 32.6 Å². The summed E-state index contributed by atoms with van der Waals surface area (Å²) in [5.74, 6) is 0.978. The monoisotopic (exact) mass is 266 g/mol. The molecule has 1 aliphatic heterocycles. The molecule has 2 atom stereocenters. The molecule has 0 aromatic heterocycles. The van der Waals surface area contributed by atoms with Crippen LogP contribution in [0, 0.1) is 11.3 Å². The molecule has 1 aliphatic carbocycles. The van der Waals surface area contributed by atoms with Crippen LogP contribution in [0.4, 0.5) is 0 Å². The second-order valence-corrected chi connectivity index (χ2v) is 6.57. The first-order chi connectivity index (χ1) is 9.18. The predicted molar refractivity (Wildman–Crippen MR) is 79.0 cm³/mol. The van der Waals surface area contributed by atoms with E-state index in [1.165, 1.54) is 38.5 Å². The van der Waals surface area contributed by atoms with Gasteiger partial charge in [-0.2, -0.15) is 0 Å². The molecule has 1 saturated carbocycles. The lowest BCUT2D eigenvalue weighted by molar-refractivity contribution is -0.131. The standard InChI is InChI=1S/C16H30N2O/c1-3-16(10-11-17-12-16)15(19)18-13(2)14-8-6-4-5-7-9-14/h13-14,17H,3-12H2,1-2H3,(H,18,19)/t13-,16?/m1/s1. The SMILES string of the molecule is CCC1(C(=O)N[C@H](C)C2CCCCCC2)CCNC1. The van der Waals surface area contributed by atoms with Gasteiger partial charge in [-0.3, -0.25) is 4.79 Å². The lowest BCUT2D eigenvalue weighted by atomic mass is 9.82. The van der Waals surface area contributed by atoms with Crippen molar-refractivity contribution in [2.45, 2.75) is 71.3 Å². The highest BCUT2D eigenvalue weighted by Gasteiger charge is 2.40. The Labute approximate surface area is 117 Å². The van der Waals surface area contributed by atoms with Crippen molar-refractivity contribution in [3.63, 3.8) is 0 Å². The van der Waals surface area contributed by atoms with Crippen molar-refractivity contribution in [3.05, 3.63) is 0 Å². The van der Waals surface area contributed by atoms with Gasteiger partial charge in [0.2, 0.25) is 5.91 Å². The van der Waals surface area contributed by atoms with Crippen molar-refractivity contribution in [1.29, 1.82) is 0 Å². The van der Waals surface area contributed by atoms with Crippen molar-refractivity contribution < 1.29 is 4.79 Å². The first kappa shape index (κ1) is 14.8. The molecule has 3 heteroatoms. The Balaban J connectivity index is 1.89. The van der Waals surface area contributed by atoms with Crippen LogP contribution in [0.25, 0.3) is 0 Å². The quantitative estimate of drug-likeness (QED) is 0.768. The van der Waals surface area contributed by atoms with Crippen LogP contribution in [0.3, 0.4) is 0 Å². The Morgan fingerprint density at radius 3 is 2.53 bits per heavy atom. The minimum Gasteiger partial charge on any atom is -0.353 e. The Hall–Kier alpha value is -0.570. The fourth-order valence-corrected chi connectivity index (χ4v) is 3.69. The van der Waals surface area contributed by atoms with Gasteiger partial charge in [-0.25, -0.2) is 0 Å². The average Bonchev–Trinajstić information content (AvgIpc) is 2.74. The van der Waals surface area contributed by atoms with E-state index in [-0.39, 0.29) is 11.3 Å². The number of hydrogen-bond donors (Lipinski definition) is 2. The molecule has 0 aromatic carbocycles. The summed E-state index contributed by atoms with van der Waals surface area (Å²) in [6.45, 7) is 6.19. The highest BCUT2D eigenvalue weighted by molar-refractivity contribution is 5.83. The molecule has 2 rings (SSSR count). The molecule has 110 valence electrons. The maximum atomic E-state index is 12.6. The minimum absolute atomic E-state index is 0.140. The number of carbonyl (C=O) groups is 1. The summed E-state index contributed by atoms with van der Waals surface area (Å²) in [6.07, 6.45) is 9.95. The van der Waals surface area contributed by atoms with E-state index in [0.717, 1.165) is 25.9 Å². The molecule has 2 N–H and O–H groups in total. The van der Waals surface area contributed by atoms with Gasteiger partial charge in [0, 0.05) is 12.6 Å². The van der Waals surface area contributed by atoms with Gasteiger partial charge in [0.15, 0.2) is 0 Å². The lowest BCUT2D eigenvalue weighted by Gasteiger charge is -2.30. The van der Waals surface area contributed by atoms with E-state index in [0.29, 0.717) is 12.0 Å². The lowest BCUT2D eigenvalue weighted by Crippen LogP contribution is -2.47. The summed E-state index contributed by atoms with van der Waals surface area (Å²) < 4.78 is 0. The van der Waals surface area contributed by atoms with Gasteiger partial charge < -0.3 is 10.6 Å². The largest absolute Gasteiger partial charge is 0.353 e. The molecule has 0 bridgehead atoms. The second kappa shape index (κ2) is 6.74. The first-order valence-corrected chi connectivity index (χ1v) is 8.19. The van der Waals surface area contributed by atoms with Gasteiger partial charge in [-0.15, -0.1) is 0 Å². The molecule has 0 radical (unpaired) electrons. The van der Waals surface area contributed by atoms with Crippen LogP contribution < -0.4 is 10.6 Å². The summed E-state index contributed by atoms with van der Waals surface area (Å²) in [7, 11) is 0. The number of rotatable bonds is 4. The highest BCUT2D eigenvalue weighted by Crippen LogP contribution is 2.31. The van der Waals surface area contributed by atoms with Gasteiger partial charge in [-0.05, 0) is 45.1 Å². The zero-order chi connectivity index (χ0) is 13.7. The van der Waals surface area contributed by atoms with E-state index in [1.807, 2.05) is 0 Å². The van der Waals surface area contributed by atoms with Gasteiger partial charge in [0.05, 0.1) is 5.41 Å². The minimum atomic E-state index is -0.140. The Morgan fingerprint density at radius 1 is 1.32 bits per heavy atom. The number of amides is 1. The summed E-state index contributed by atoms with van der Waals surface area (Å²) in [5, 5.41) is 6.68. The molecule has 1 unspecified atom stereocenters. The fourth-order valence-electron chi connectivity index (χ4n) is 3.69. The van der Waals surface area contributed by atoms with Crippen LogP contribution in [0.15, 0.2) is 0 Å². The molecule has 2 aliphatic rings. The van der Waals surface area contributed by atoms with Crippen LogP contribution in [-0.2, 0) is 4.79 Å². The van der Waals surface area contributed by atoms with Crippen molar-refractivity contribution in [3.8, 4) is 0 Å². The van der Waals surface area contributed by atoms with Crippen LogP contribution in [0.5, 0.6) is 0 Å². The summed E-state index contributed by atoms with van der Waals surface area (Å²) in [6, 6.07) is 0.342. The summed E-state index contributed by atoms with van der Waals surface area (Å²) >= 11 is 0. The molecule has 0 spiro atoms. The van der Waals surface area contributed by atoms with Crippen molar-refractivity contribution in [1.82, 2.24) is 10.6 Å². The molecule has 2 fully saturated rings. The highest BCUT2D eigenvalue weighted by atomic mass is 16.2. The van der Waals surface area contributed by atoms with E-state index >= 15 is 0 Å². The van der Waals surface area contributed by atoms with Gasteiger partial charge in [0.25, 0.3) is 0 Å². The normalized spacial score (nSPS) is 30.8. The molecule has 1 heterocycles. The fraction of sp³-hybridized carbons (Fsp3) is 0.938. The molecular formula is C16H30N2O.